The number of halogens is 1. The Morgan fingerprint density at radius 1 is 1.54 bits per heavy atom. The lowest BCUT2D eigenvalue weighted by Gasteiger charge is -2.30. The molecule has 1 fully saturated rings. The van der Waals surface area contributed by atoms with Gasteiger partial charge in [0.1, 0.15) is 5.88 Å². The zero-order valence-electron chi connectivity index (χ0n) is 7.66. The Kier molecular flexibility index (Phi) is 4.19. The van der Waals surface area contributed by atoms with Crippen molar-refractivity contribution in [1.82, 2.24) is 4.90 Å². The molecule has 0 unspecified atom stereocenters. The fraction of sp³-hybridized carbons (Fsp3) is 0.875. The molecule has 0 radical (unpaired) electrons. The summed E-state index contributed by atoms with van der Waals surface area (Å²) in [5.74, 6) is 1.42. The van der Waals surface area contributed by atoms with Crippen LogP contribution >= 0.6 is 11.6 Å². The van der Waals surface area contributed by atoms with Gasteiger partial charge in [-0.1, -0.05) is 0 Å². The van der Waals surface area contributed by atoms with Crippen molar-refractivity contribution in [3.05, 3.63) is 0 Å². The van der Waals surface area contributed by atoms with Crippen molar-refractivity contribution < 1.29 is 9.00 Å². The molecule has 1 aliphatic heterocycles. The van der Waals surface area contributed by atoms with Gasteiger partial charge in [-0.3, -0.25) is 9.00 Å². The number of nitrogens with zero attached hydrogens (tertiary/aromatic N) is 1. The van der Waals surface area contributed by atoms with Crippen LogP contribution in [0.25, 0.3) is 0 Å². The number of carbonyl (C=O) groups excluding carboxylic acids is 1. The van der Waals surface area contributed by atoms with Crippen molar-refractivity contribution in [3.8, 4) is 0 Å². The Morgan fingerprint density at radius 2 is 2.08 bits per heavy atom. The molecule has 0 N–H and O–H groups in total. The summed E-state index contributed by atoms with van der Waals surface area (Å²) in [7, 11) is 1.10. The highest BCUT2D eigenvalue weighted by molar-refractivity contribution is 7.85. The molecule has 0 bridgehead atoms. The number of amides is 1. The van der Waals surface area contributed by atoms with Gasteiger partial charge in [0.25, 0.3) is 0 Å². The van der Waals surface area contributed by atoms with Gasteiger partial charge in [0.2, 0.25) is 5.91 Å². The largest absolute Gasteiger partial charge is 0.342 e. The normalized spacial score (nSPS) is 28.5. The molecule has 1 rings (SSSR count). The third kappa shape index (κ3) is 2.95. The Bertz CT molecular complexity index is 212. The van der Waals surface area contributed by atoms with E-state index in [2.05, 4.69) is 0 Å². The third-order valence-corrected chi connectivity index (χ3v) is 4.02. The lowest BCUT2D eigenvalue weighted by Crippen LogP contribution is -2.41. The minimum Gasteiger partial charge on any atom is -0.342 e. The van der Waals surface area contributed by atoms with Gasteiger partial charge >= 0.3 is 0 Å². The molecule has 0 spiro atoms. The minimum atomic E-state index is -0.664. The van der Waals surface area contributed by atoms with Gasteiger partial charge in [-0.25, -0.2) is 0 Å². The molecule has 0 aromatic carbocycles. The van der Waals surface area contributed by atoms with Crippen LogP contribution in [0.5, 0.6) is 0 Å². The summed E-state index contributed by atoms with van der Waals surface area (Å²) in [6.07, 6.45) is 1.68. The van der Waals surface area contributed by atoms with Crippen molar-refractivity contribution in [2.45, 2.75) is 18.9 Å². The van der Waals surface area contributed by atoms with Crippen LogP contribution < -0.4 is 0 Å². The number of alkyl halides is 1. The summed E-state index contributed by atoms with van der Waals surface area (Å²) < 4.78 is 11.1. The Labute approximate surface area is 85.9 Å². The van der Waals surface area contributed by atoms with Gasteiger partial charge in [-0.2, -0.15) is 0 Å². The predicted octanol–water partition coefficient (Wildman–Crippen LogP) is 0.595. The van der Waals surface area contributed by atoms with E-state index in [-0.39, 0.29) is 17.8 Å². The monoisotopic (exact) mass is 223 g/mol. The topological polar surface area (TPSA) is 37.4 Å². The van der Waals surface area contributed by atoms with E-state index in [1.165, 1.54) is 0 Å². The molecule has 5 heteroatoms. The van der Waals surface area contributed by atoms with Crippen LogP contribution in [0.4, 0.5) is 0 Å². The Hall–Kier alpha value is -0.0900. The van der Waals surface area contributed by atoms with Crippen LogP contribution in [0, 0.1) is 0 Å². The van der Waals surface area contributed by atoms with Crippen molar-refractivity contribution in [2.24, 2.45) is 0 Å². The quantitative estimate of drug-likeness (QED) is 0.643. The number of carbonyl (C=O) groups is 1. The molecule has 1 aliphatic rings. The van der Waals surface area contributed by atoms with Crippen molar-refractivity contribution in [3.63, 3.8) is 0 Å². The van der Waals surface area contributed by atoms with E-state index >= 15 is 0 Å². The molecular formula is C8H14ClNO2S. The van der Waals surface area contributed by atoms with Gasteiger partial charge in [0.05, 0.1) is 0 Å². The second-order valence-electron chi connectivity index (χ2n) is 3.22. The van der Waals surface area contributed by atoms with E-state index in [1.54, 1.807) is 11.9 Å². The molecule has 0 aromatic heterocycles. The average Bonchev–Trinajstić information content (AvgIpc) is 2.17. The first-order chi connectivity index (χ1) is 6.15. The fourth-order valence-corrected chi connectivity index (χ4v) is 2.93. The first-order valence-electron chi connectivity index (χ1n) is 4.31. The highest BCUT2D eigenvalue weighted by atomic mass is 35.5. The van der Waals surface area contributed by atoms with E-state index in [4.69, 9.17) is 11.6 Å². The summed E-state index contributed by atoms with van der Waals surface area (Å²) in [4.78, 5) is 12.9. The molecule has 13 heavy (non-hydrogen) atoms. The van der Waals surface area contributed by atoms with Crippen LogP contribution in [0.2, 0.25) is 0 Å². The first kappa shape index (κ1) is 11.0. The van der Waals surface area contributed by atoms with Crippen LogP contribution in [-0.4, -0.2) is 45.5 Å². The Morgan fingerprint density at radius 3 is 2.54 bits per heavy atom. The van der Waals surface area contributed by atoms with Gasteiger partial charge in [0, 0.05) is 35.4 Å². The number of hydrogen-bond donors (Lipinski definition) is 0. The molecular weight excluding hydrogens is 210 g/mol. The molecule has 0 aliphatic carbocycles. The SMILES string of the molecule is CN(C(=O)CCl)C1CCS(=O)CC1. The molecule has 3 nitrogen and oxygen atoms in total. The zero-order valence-corrected chi connectivity index (χ0v) is 9.24. The zero-order chi connectivity index (χ0) is 9.84. The van der Waals surface area contributed by atoms with E-state index in [0.717, 1.165) is 12.8 Å². The third-order valence-electron chi connectivity index (χ3n) is 2.41. The van der Waals surface area contributed by atoms with E-state index in [0.29, 0.717) is 11.5 Å². The van der Waals surface area contributed by atoms with Crippen LogP contribution in [0.15, 0.2) is 0 Å². The standard InChI is InChI=1S/C8H14ClNO2S/c1-10(8(11)6-9)7-2-4-13(12)5-3-7/h7H,2-6H2,1H3. The fourth-order valence-electron chi connectivity index (χ4n) is 1.47. The summed E-state index contributed by atoms with van der Waals surface area (Å²) >= 11 is 5.44. The van der Waals surface area contributed by atoms with Gasteiger partial charge in [0.15, 0.2) is 0 Å². The molecule has 0 atom stereocenters. The smallest absolute Gasteiger partial charge is 0.237 e. The van der Waals surface area contributed by atoms with Crippen molar-refractivity contribution in [1.29, 1.82) is 0 Å². The maximum atomic E-state index is 11.2. The highest BCUT2D eigenvalue weighted by Crippen LogP contribution is 2.14. The maximum Gasteiger partial charge on any atom is 0.237 e. The van der Waals surface area contributed by atoms with Gasteiger partial charge in [-0.15, -0.1) is 11.6 Å². The molecule has 0 saturated carbocycles. The number of hydrogen-bond acceptors (Lipinski definition) is 2. The van der Waals surface area contributed by atoms with Crippen molar-refractivity contribution in [2.75, 3.05) is 24.4 Å². The molecule has 1 heterocycles. The molecule has 0 aromatic rings. The van der Waals surface area contributed by atoms with Crippen LogP contribution in [-0.2, 0) is 15.6 Å². The van der Waals surface area contributed by atoms with E-state index in [9.17, 15) is 9.00 Å². The second-order valence-corrected chi connectivity index (χ2v) is 5.18. The molecule has 1 saturated heterocycles. The van der Waals surface area contributed by atoms with Gasteiger partial charge < -0.3 is 4.90 Å². The summed E-state index contributed by atoms with van der Waals surface area (Å²) in [6.45, 7) is 0. The van der Waals surface area contributed by atoms with Crippen LogP contribution in [0.1, 0.15) is 12.8 Å². The predicted molar refractivity (Wildman–Crippen MR) is 54.4 cm³/mol. The average molecular weight is 224 g/mol. The van der Waals surface area contributed by atoms with E-state index in [1.807, 2.05) is 0 Å². The summed E-state index contributed by atoms with van der Waals surface area (Å²) in [6, 6.07) is 0.240. The second kappa shape index (κ2) is 4.96. The van der Waals surface area contributed by atoms with Crippen molar-refractivity contribution >= 4 is 28.3 Å². The van der Waals surface area contributed by atoms with Gasteiger partial charge in [-0.05, 0) is 12.8 Å². The van der Waals surface area contributed by atoms with Crippen LogP contribution in [0.3, 0.4) is 0 Å². The minimum absolute atomic E-state index is 0.0378. The maximum absolute atomic E-state index is 11.2. The molecule has 1 amide bonds. The molecule has 76 valence electrons. The first-order valence-corrected chi connectivity index (χ1v) is 6.34. The number of rotatable bonds is 2. The lowest BCUT2D eigenvalue weighted by atomic mass is 10.1. The Balaban J connectivity index is 2.44. The highest BCUT2D eigenvalue weighted by Gasteiger charge is 2.23. The lowest BCUT2D eigenvalue weighted by molar-refractivity contribution is -0.129. The summed E-state index contributed by atoms with van der Waals surface area (Å²) in [5, 5.41) is 0. The summed E-state index contributed by atoms with van der Waals surface area (Å²) in [5.41, 5.74) is 0. The van der Waals surface area contributed by atoms with E-state index < -0.39 is 10.8 Å².